The van der Waals surface area contributed by atoms with Gasteiger partial charge in [0.2, 0.25) is 0 Å². The molecule has 0 aromatic heterocycles. The van der Waals surface area contributed by atoms with Crippen molar-refractivity contribution >= 4 is 5.97 Å². The van der Waals surface area contributed by atoms with Crippen molar-refractivity contribution in [2.75, 3.05) is 0 Å². The van der Waals surface area contributed by atoms with E-state index in [4.69, 9.17) is 0 Å². The van der Waals surface area contributed by atoms with Gasteiger partial charge in [0.25, 0.3) is 0 Å². The van der Waals surface area contributed by atoms with Crippen molar-refractivity contribution < 1.29 is 9.90 Å². The van der Waals surface area contributed by atoms with E-state index in [1.165, 1.54) is 11.1 Å². The van der Waals surface area contributed by atoms with E-state index in [1.807, 2.05) is 0 Å². The van der Waals surface area contributed by atoms with E-state index in [9.17, 15) is 9.90 Å². The minimum absolute atomic E-state index is 0.0174. The first-order valence-electron chi connectivity index (χ1n) is 7.95. The molecule has 0 heterocycles. The van der Waals surface area contributed by atoms with Gasteiger partial charge in [-0.1, -0.05) is 65.8 Å². The van der Waals surface area contributed by atoms with Crippen molar-refractivity contribution in [3.8, 4) is 0 Å². The molecule has 0 aliphatic carbocycles. The zero-order valence-electron chi connectivity index (χ0n) is 14.9. The van der Waals surface area contributed by atoms with Crippen LogP contribution in [-0.2, 0) is 22.0 Å². The predicted molar refractivity (Wildman–Crippen MR) is 93.5 cm³/mol. The van der Waals surface area contributed by atoms with Crippen molar-refractivity contribution in [3.05, 3.63) is 47.5 Å². The zero-order chi connectivity index (χ0) is 17.1. The summed E-state index contributed by atoms with van der Waals surface area (Å²) in [5.74, 6) is -1.16. The summed E-state index contributed by atoms with van der Waals surface area (Å²) in [7, 11) is 0. The number of benzene rings is 1. The molecular weight excluding hydrogens is 272 g/mol. The molecular formula is C20H30O2. The Hall–Kier alpha value is -1.57. The molecule has 22 heavy (non-hydrogen) atoms. The maximum absolute atomic E-state index is 11.5. The number of aliphatic carboxylic acids is 1. The van der Waals surface area contributed by atoms with Crippen LogP contribution in [-0.4, -0.2) is 11.1 Å². The molecule has 0 bridgehead atoms. The molecule has 1 N–H and O–H groups in total. The average molecular weight is 302 g/mol. The number of hydrogen-bond donors (Lipinski definition) is 1. The molecule has 0 saturated carbocycles. The monoisotopic (exact) mass is 302 g/mol. The van der Waals surface area contributed by atoms with Crippen LogP contribution in [0.15, 0.2) is 30.9 Å². The normalized spacial score (nSPS) is 13.7. The highest BCUT2D eigenvalue weighted by atomic mass is 16.4. The molecule has 1 unspecified atom stereocenters. The lowest BCUT2D eigenvalue weighted by atomic mass is 9.72. The molecule has 1 atom stereocenters. The van der Waals surface area contributed by atoms with Gasteiger partial charge in [-0.3, -0.25) is 4.79 Å². The fourth-order valence-corrected chi connectivity index (χ4v) is 3.02. The van der Waals surface area contributed by atoms with E-state index in [2.05, 4.69) is 66.3 Å². The van der Waals surface area contributed by atoms with E-state index >= 15 is 0 Å². The lowest BCUT2D eigenvalue weighted by Crippen LogP contribution is -2.25. The van der Waals surface area contributed by atoms with Crippen molar-refractivity contribution in [1.82, 2.24) is 0 Å². The molecule has 1 aromatic carbocycles. The summed E-state index contributed by atoms with van der Waals surface area (Å²) in [6.07, 6.45) is 2.75. The molecule has 0 radical (unpaired) electrons. The van der Waals surface area contributed by atoms with Gasteiger partial charge in [-0.2, -0.15) is 0 Å². The number of hydrogen-bond acceptors (Lipinski definition) is 1. The summed E-state index contributed by atoms with van der Waals surface area (Å²) in [5, 5.41) is 9.44. The van der Waals surface area contributed by atoms with Gasteiger partial charge in [0.1, 0.15) is 0 Å². The molecule has 0 aliphatic rings. The van der Waals surface area contributed by atoms with Gasteiger partial charge in [-0.15, -0.1) is 6.58 Å². The maximum atomic E-state index is 11.5. The lowest BCUT2D eigenvalue weighted by molar-refractivity contribution is -0.141. The third kappa shape index (κ3) is 4.46. The van der Waals surface area contributed by atoms with Gasteiger partial charge >= 0.3 is 5.97 Å². The van der Waals surface area contributed by atoms with Crippen LogP contribution in [0.5, 0.6) is 0 Å². The van der Waals surface area contributed by atoms with E-state index in [-0.39, 0.29) is 10.8 Å². The topological polar surface area (TPSA) is 37.3 Å². The predicted octanol–water partition coefficient (Wildman–Crippen LogP) is 5.10. The van der Waals surface area contributed by atoms with Crippen molar-refractivity contribution in [1.29, 1.82) is 0 Å². The quantitative estimate of drug-likeness (QED) is 0.768. The average Bonchev–Trinajstić information content (AvgIpc) is 2.35. The number of carbonyl (C=O) groups is 1. The first-order valence-corrected chi connectivity index (χ1v) is 7.95. The van der Waals surface area contributed by atoms with Crippen LogP contribution in [0.3, 0.4) is 0 Å². The van der Waals surface area contributed by atoms with Gasteiger partial charge in [0, 0.05) is 0 Å². The molecule has 2 nitrogen and oxygen atoms in total. The number of carboxylic acid groups (broad SMARTS) is 1. The third-order valence-corrected chi connectivity index (χ3v) is 3.98. The van der Waals surface area contributed by atoms with Crippen LogP contribution in [0.1, 0.15) is 64.7 Å². The Morgan fingerprint density at radius 1 is 1.18 bits per heavy atom. The van der Waals surface area contributed by atoms with Crippen molar-refractivity contribution in [3.63, 3.8) is 0 Å². The number of rotatable bonds is 5. The largest absolute Gasteiger partial charge is 0.481 e. The second kappa shape index (κ2) is 6.68. The SMILES string of the molecule is C=CCC(Cc1cccc(C(C)(C)C)c1C(C)(C)C)C(=O)O. The summed E-state index contributed by atoms with van der Waals surface area (Å²) in [6.45, 7) is 16.9. The highest BCUT2D eigenvalue weighted by Crippen LogP contribution is 2.37. The molecule has 1 aromatic rings. The van der Waals surface area contributed by atoms with Crippen LogP contribution in [0.25, 0.3) is 0 Å². The van der Waals surface area contributed by atoms with Crippen LogP contribution >= 0.6 is 0 Å². The summed E-state index contributed by atoms with van der Waals surface area (Å²) in [4.78, 5) is 11.5. The van der Waals surface area contributed by atoms with Crippen LogP contribution < -0.4 is 0 Å². The molecule has 0 aliphatic heterocycles. The number of carboxylic acids is 1. The Bertz CT molecular complexity index is 542. The summed E-state index contributed by atoms with van der Waals surface area (Å²) >= 11 is 0. The van der Waals surface area contributed by atoms with Gasteiger partial charge < -0.3 is 5.11 Å². The Kier molecular flexibility index (Phi) is 5.61. The Balaban J connectivity index is 3.42. The van der Waals surface area contributed by atoms with E-state index in [0.29, 0.717) is 12.8 Å². The van der Waals surface area contributed by atoms with Crippen LogP contribution in [0, 0.1) is 5.92 Å². The van der Waals surface area contributed by atoms with Crippen molar-refractivity contribution in [2.45, 2.75) is 65.2 Å². The fraction of sp³-hybridized carbons (Fsp3) is 0.550. The highest BCUT2D eigenvalue weighted by molar-refractivity contribution is 5.70. The molecule has 0 fully saturated rings. The molecule has 0 spiro atoms. The fourth-order valence-electron chi connectivity index (χ4n) is 3.02. The maximum Gasteiger partial charge on any atom is 0.307 e. The summed E-state index contributed by atoms with van der Waals surface area (Å²) < 4.78 is 0. The van der Waals surface area contributed by atoms with Crippen LogP contribution in [0.2, 0.25) is 0 Å². The molecule has 0 amide bonds. The Morgan fingerprint density at radius 3 is 2.18 bits per heavy atom. The van der Waals surface area contributed by atoms with Crippen molar-refractivity contribution in [2.24, 2.45) is 5.92 Å². The Morgan fingerprint density at radius 2 is 1.77 bits per heavy atom. The van der Waals surface area contributed by atoms with E-state index in [1.54, 1.807) is 6.08 Å². The minimum atomic E-state index is -0.749. The first-order chi connectivity index (χ1) is 9.98. The number of allylic oxidation sites excluding steroid dienone is 1. The standard InChI is InChI=1S/C20H30O2/c1-8-10-15(18(21)22)13-14-11-9-12-16(19(2,3)4)17(14)20(5,6)7/h8-9,11-12,15H,1,10,13H2,2-7H3,(H,21,22). The third-order valence-electron chi connectivity index (χ3n) is 3.98. The van der Waals surface area contributed by atoms with Crippen LogP contribution in [0.4, 0.5) is 0 Å². The van der Waals surface area contributed by atoms with Gasteiger partial charge in [-0.05, 0) is 40.4 Å². The smallest absolute Gasteiger partial charge is 0.307 e. The molecule has 2 heteroatoms. The van der Waals surface area contributed by atoms with Gasteiger partial charge in [-0.25, -0.2) is 0 Å². The second-order valence-electron chi connectivity index (χ2n) is 8.10. The lowest BCUT2D eigenvalue weighted by Gasteiger charge is -2.33. The summed E-state index contributed by atoms with van der Waals surface area (Å²) in [5.41, 5.74) is 3.76. The Labute approximate surface area is 135 Å². The highest BCUT2D eigenvalue weighted by Gasteiger charge is 2.29. The van der Waals surface area contributed by atoms with E-state index < -0.39 is 11.9 Å². The van der Waals surface area contributed by atoms with Gasteiger partial charge in [0.15, 0.2) is 0 Å². The summed E-state index contributed by atoms with van der Waals surface area (Å²) in [6, 6.07) is 6.31. The zero-order valence-corrected chi connectivity index (χ0v) is 14.9. The first kappa shape index (κ1) is 18.5. The molecule has 0 saturated heterocycles. The molecule has 1 rings (SSSR count). The van der Waals surface area contributed by atoms with E-state index in [0.717, 1.165) is 5.56 Å². The van der Waals surface area contributed by atoms with Gasteiger partial charge in [0.05, 0.1) is 5.92 Å². The second-order valence-corrected chi connectivity index (χ2v) is 8.10. The molecule has 122 valence electrons. The minimum Gasteiger partial charge on any atom is -0.481 e.